The van der Waals surface area contributed by atoms with Gasteiger partial charge in [0.1, 0.15) is 12.3 Å². The van der Waals surface area contributed by atoms with Crippen LogP contribution in [0.5, 0.6) is 11.5 Å². The molecule has 1 aromatic carbocycles. The fourth-order valence-corrected chi connectivity index (χ4v) is 2.76. The zero-order valence-electron chi connectivity index (χ0n) is 15.7. The molecule has 0 saturated carbocycles. The van der Waals surface area contributed by atoms with Crippen LogP contribution in [-0.4, -0.2) is 55.5 Å². The van der Waals surface area contributed by atoms with Gasteiger partial charge >= 0.3 is 0 Å². The Bertz CT molecular complexity index is 758. The highest BCUT2D eigenvalue weighted by Crippen LogP contribution is 2.36. The third kappa shape index (κ3) is 5.21. The van der Waals surface area contributed by atoms with Crippen molar-refractivity contribution in [3.05, 3.63) is 30.0 Å². The number of hydrogen-bond donors (Lipinski definition) is 1. The number of nitrogens with zero attached hydrogens (tertiary/aromatic N) is 2. The lowest BCUT2D eigenvalue weighted by Crippen LogP contribution is -2.36. The van der Waals surface area contributed by atoms with Crippen molar-refractivity contribution in [1.29, 1.82) is 0 Å². The summed E-state index contributed by atoms with van der Waals surface area (Å²) in [5.41, 5.74) is 1.46. The number of likely N-dealkylation sites (N-methyl/N-ethyl adjacent to an activating group) is 1. The van der Waals surface area contributed by atoms with Crippen LogP contribution < -0.4 is 14.8 Å². The summed E-state index contributed by atoms with van der Waals surface area (Å²) in [6.45, 7) is 8.02. The zero-order chi connectivity index (χ0) is 19.1. The number of fused-ring (bicyclic) bond motifs is 1. The van der Waals surface area contributed by atoms with Crippen molar-refractivity contribution in [3.63, 3.8) is 0 Å². The Balaban J connectivity index is 1.41. The lowest BCUT2D eigenvalue weighted by atomic mass is 10.1. The molecule has 0 spiro atoms. The smallest absolute Gasteiger partial charge is 0.246 e. The molecule has 0 atom stereocenters. The average molecular weight is 375 g/mol. The first kappa shape index (κ1) is 19.2. The molecule has 27 heavy (non-hydrogen) atoms. The molecule has 146 valence electrons. The van der Waals surface area contributed by atoms with Crippen molar-refractivity contribution in [2.24, 2.45) is 0 Å². The summed E-state index contributed by atoms with van der Waals surface area (Å²) in [4.78, 5) is 14.0. The molecule has 2 heterocycles. The van der Waals surface area contributed by atoms with Gasteiger partial charge in [-0.1, -0.05) is 19.0 Å². The maximum Gasteiger partial charge on any atom is 0.246 e. The highest BCUT2D eigenvalue weighted by Gasteiger charge is 2.16. The van der Waals surface area contributed by atoms with Crippen molar-refractivity contribution in [2.45, 2.75) is 20.5 Å². The Labute approximate surface area is 158 Å². The second-order valence-corrected chi connectivity index (χ2v) is 6.12. The first-order chi connectivity index (χ1) is 13.2. The minimum absolute atomic E-state index is 0.00946. The highest BCUT2D eigenvalue weighted by atomic mass is 16.7. The molecule has 8 nitrogen and oxygen atoms in total. The van der Waals surface area contributed by atoms with Crippen LogP contribution in [0.15, 0.2) is 28.8 Å². The van der Waals surface area contributed by atoms with Gasteiger partial charge in [-0.25, -0.2) is 0 Å². The Hall–Kier alpha value is -2.58. The standard InChI is InChI=1S/C19H25N3O5/c1-3-22(4-2)8-7-20-19(23)12-24-11-15-10-17(27-21-15)14-5-6-16-18(9-14)26-13-25-16/h5-6,9-10H,3-4,7-8,11-13H2,1-2H3,(H,20,23). The van der Waals surface area contributed by atoms with Gasteiger partial charge in [0.2, 0.25) is 12.7 Å². The normalized spacial score (nSPS) is 12.6. The number of carbonyl (C=O) groups excluding carboxylic acids is 1. The van der Waals surface area contributed by atoms with Crippen LogP contribution in [-0.2, 0) is 16.1 Å². The zero-order valence-corrected chi connectivity index (χ0v) is 15.7. The predicted octanol–water partition coefficient (Wildman–Crippen LogP) is 2.04. The molecule has 2 aromatic rings. The van der Waals surface area contributed by atoms with Crippen molar-refractivity contribution in [1.82, 2.24) is 15.4 Å². The predicted molar refractivity (Wildman–Crippen MR) is 98.5 cm³/mol. The van der Waals surface area contributed by atoms with Crippen molar-refractivity contribution in [2.75, 3.05) is 39.6 Å². The summed E-state index contributed by atoms with van der Waals surface area (Å²) in [5, 5.41) is 6.83. The minimum atomic E-state index is -0.137. The summed E-state index contributed by atoms with van der Waals surface area (Å²) in [5.74, 6) is 1.87. The second-order valence-electron chi connectivity index (χ2n) is 6.12. The number of rotatable bonds is 10. The number of benzene rings is 1. The van der Waals surface area contributed by atoms with Gasteiger partial charge in [-0.05, 0) is 31.3 Å². The quantitative estimate of drug-likeness (QED) is 0.680. The average Bonchev–Trinajstić information content (AvgIpc) is 3.34. The van der Waals surface area contributed by atoms with E-state index in [0.29, 0.717) is 29.5 Å². The van der Waals surface area contributed by atoms with Crippen LogP contribution >= 0.6 is 0 Å². The fraction of sp³-hybridized carbons (Fsp3) is 0.474. The maximum absolute atomic E-state index is 11.8. The Kier molecular flexibility index (Phi) is 6.67. The van der Waals surface area contributed by atoms with Gasteiger partial charge < -0.3 is 29.0 Å². The Morgan fingerprint density at radius 3 is 2.85 bits per heavy atom. The van der Waals surface area contributed by atoms with E-state index in [9.17, 15) is 4.79 Å². The molecule has 3 rings (SSSR count). The van der Waals surface area contributed by atoms with E-state index in [-0.39, 0.29) is 25.9 Å². The molecule has 8 heteroatoms. The van der Waals surface area contributed by atoms with Crippen LogP contribution in [0.25, 0.3) is 11.3 Å². The molecule has 0 bridgehead atoms. The van der Waals surface area contributed by atoms with Crippen LogP contribution in [0.1, 0.15) is 19.5 Å². The van der Waals surface area contributed by atoms with E-state index in [4.69, 9.17) is 18.7 Å². The molecular formula is C19H25N3O5. The minimum Gasteiger partial charge on any atom is -0.454 e. The molecule has 1 aliphatic heterocycles. The molecule has 0 radical (unpaired) electrons. The van der Waals surface area contributed by atoms with Crippen LogP contribution in [0.2, 0.25) is 0 Å². The summed E-state index contributed by atoms with van der Waals surface area (Å²) in [7, 11) is 0. The molecule has 0 fully saturated rings. The van der Waals surface area contributed by atoms with E-state index in [2.05, 4.69) is 29.2 Å². The van der Waals surface area contributed by atoms with Gasteiger partial charge in [-0.15, -0.1) is 0 Å². The first-order valence-corrected chi connectivity index (χ1v) is 9.12. The molecular weight excluding hydrogens is 350 g/mol. The molecule has 0 aliphatic carbocycles. The highest BCUT2D eigenvalue weighted by molar-refractivity contribution is 5.77. The lowest BCUT2D eigenvalue weighted by Gasteiger charge is -2.17. The van der Waals surface area contributed by atoms with Gasteiger partial charge in [0.15, 0.2) is 17.3 Å². The number of hydrogen-bond acceptors (Lipinski definition) is 7. The Morgan fingerprint density at radius 2 is 2.04 bits per heavy atom. The van der Waals surface area contributed by atoms with Gasteiger partial charge in [-0.3, -0.25) is 4.79 Å². The summed E-state index contributed by atoms with van der Waals surface area (Å²) in [6, 6.07) is 7.34. The van der Waals surface area contributed by atoms with E-state index in [1.807, 2.05) is 18.2 Å². The van der Waals surface area contributed by atoms with Crippen molar-refractivity contribution in [3.8, 4) is 22.8 Å². The van der Waals surface area contributed by atoms with Gasteiger partial charge in [0.25, 0.3) is 0 Å². The van der Waals surface area contributed by atoms with Crippen LogP contribution in [0.4, 0.5) is 0 Å². The van der Waals surface area contributed by atoms with Crippen molar-refractivity contribution >= 4 is 5.91 Å². The summed E-state index contributed by atoms with van der Waals surface area (Å²) >= 11 is 0. The SMILES string of the molecule is CCN(CC)CCNC(=O)COCc1cc(-c2ccc3c(c2)OCO3)on1. The fourth-order valence-electron chi connectivity index (χ4n) is 2.76. The monoisotopic (exact) mass is 375 g/mol. The molecule has 0 saturated heterocycles. The van der Waals surface area contributed by atoms with Crippen LogP contribution in [0.3, 0.4) is 0 Å². The van der Waals surface area contributed by atoms with E-state index < -0.39 is 0 Å². The lowest BCUT2D eigenvalue weighted by molar-refractivity contribution is -0.126. The van der Waals surface area contributed by atoms with Crippen LogP contribution in [0, 0.1) is 0 Å². The molecule has 1 amide bonds. The van der Waals surface area contributed by atoms with Gasteiger partial charge in [0.05, 0.1) is 6.61 Å². The Morgan fingerprint density at radius 1 is 1.22 bits per heavy atom. The maximum atomic E-state index is 11.8. The molecule has 1 aliphatic rings. The third-order valence-corrected chi connectivity index (χ3v) is 4.34. The van der Waals surface area contributed by atoms with Gasteiger partial charge in [-0.2, -0.15) is 0 Å². The summed E-state index contributed by atoms with van der Waals surface area (Å²) in [6.07, 6.45) is 0. The first-order valence-electron chi connectivity index (χ1n) is 9.12. The van der Waals surface area contributed by atoms with Gasteiger partial charge in [0, 0.05) is 24.7 Å². The van der Waals surface area contributed by atoms with E-state index in [0.717, 1.165) is 25.2 Å². The van der Waals surface area contributed by atoms with E-state index in [1.165, 1.54) is 0 Å². The molecule has 0 unspecified atom stereocenters. The number of carbonyl (C=O) groups is 1. The number of aromatic nitrogens is 1. The largest absolute Gasteiger partial charge is 0.454 e. The number of amides is 1. The van der Waals surface area contributed by atoms with E-state index in [1.54, 1.807) is 6.07 Å². The van der Waals surface area contributed by atoms with E-state index >= 15 is 0 Å². The third-order valence-electron chi connectivity index (χ3n) is 4.34. The van der Waals surface area contributed by atoms with Crippen molar-refractivity contribution < 1.29 is 23.5 Å². The number of ether oxygens (including phenoxy) is 3. The molecule has 1 aromatic heterocycles. The topological polar surface area (TPSA) is 86.1 Å². The molecule has 1 N–H and O–H groups in total. The summed E-state index contributed by atoms with van der Waals surface area (Å²) < 4.78 is 21.4. The second kappa shape index (κ2) is 9.38. The number of nitrogens with one attached hydrogen (secondary N) is 1.